The van der Waals surface area contributed by atoms with Gasteiger partial charge in [0.15, 0.2) is 11.5 Å². The largest absolute Gasteiger partial charge is 0.504 e. The SMILES string of the molecule is Cc1cccc(C#CC(=O)N(C)[C@@H]2C[C@H](C)[C@@]3(O)[C@H]4Cc5ccc(O)c6c5[C@@]3(CCN4CCc3ccccc3)[C@@H]2O6)c1. The van der Waals surface area contributed by atoms with E-state index in [9.17, 15) is 15.0 Å². The molecule has 2 aliphatic carbocycles. The first-order chi connectivity index (χ1) is 20.2. The van der Waals surface area contributed by atoms with E-state index in [-0.39, 0.29) is 29.7 Å². The number of phenols is 1. The molecule has 2 N–H and O–H groups in total. The fraction of sp³-hybridized carbons (Fsp3) is 0.417. The van der Waals surface area contributed by atoms with Gasteiger partial charge in [-0.3, -0.25) is 9.69 Å². The van der Waals surface area contributed by atoms with Crippen LogP contribution in [0.3, 0.4) is 0 Å². The summed E-state index contributed by atoms with van der Waals surface area (Å²) in [5.41, 5.74) is 3.49. The number of rotatable bonds is 4. The molecule has 1 saturated carbocycles. The molecule has 1 saturated heterocycles. The van der Waals surface area contributed by atoms with Gasteiger partial charge in [0.2, 0.25) is 0 Å². The Morgan fingerprint density at radius 2 is 1.95 bits per heavy atom. The number of nitrogens with zero attached hydrogens (tertiary/aromatic N) is 2. The van der Waals surface area contributed by atoms with Crippen LogP contribution in [0.25, 0.3) is 0 Å². The van der Waals surface area contributed by atoms with Gasteiger partial charge < -0.3 is 19.8 Å². The number of likely N-dealkylation sites (tertiary alicyclic amines) is 1. The molecule has 2 bridgehead atoms. The van der Waals surface area contributed by atoms with Gasteiger partial charge >= 0.3 is 0 Å². The van der Waals surface area contributed by atoms with Crippen molar-refractivity contribution in [2.24, 2.45) is 5.92 Å². The lowest BCUT2D eigenvalue weighted by molar-refractivity contribution is -0.223. The van der Waals surface area contributed by atoms with E-state index in [1.54, 1.807) is 18.0 Å². The van der Waals surface area contributed by atoms with Crippen LogP contribution < -0.4 is 4.74 Å². The molecule has 216 valence electrons. The lowest BCUT2D eigenvalue weighted by Crippen LogP contribution is -2.80. The van der Waals surface area contributed by atoms with Crippen molar-refractivity contribution in [3.8, 4) is 23.3 Å². The first kappa shape index (κ1) is 27.1. The second-order valence-electron chi connectivity index (χ2n) is 12.8. The maximum absolute atomic E-state index is 13.5. The number of carbonyl (C=O) groups is 1. The van der Waals surface area contributed by atoms with Crippen molar-refractivity contribution in [2.45, 2.75) is 68.7 Å². The molecule has 42 heavy (non-hydrogen) atoms. The van der Waals surface area contributed by atoms with E-state index in [0.29, 0.717) is 25.0 Å². The molecule has 2 aliphatic heterocycles. The molecular weight excluding hydrogens is 524 g/mol. The van der Waals surface area contributed by atoms with Crippen molar-refractivity contribution in [3.63, 3.8) is 0 Å². The van der Waals surface area contributed by atoms with E-state index in [2.05, 4.69) is 47.9 Å². The van der Waals surface area contributed by atoms with Gasteiger partial charge in [-0.15, -0.1) is 0 Å². The molecule has 1 amide bonds. The van der Waals surface area contributed by atoms with Gasteiger partial charge in [0.25, 0.3) is 5.91 Å². The molecule has 6 atom stereocenters. The van der Waals surface area contributed by atoms with Crippen LogP contribution in [0.4, 0.5) is 0 Å². The summed E-state index contributed by atoms with van der Waals surface area (Å²) in [4.78, 5) is 17.7. The van der Waals surface area contributed by atoms with Crippen LogP contribution in [0.2, 0.25) is 0 Å². The van der Waals surface area contributed by atoms with E-state index in [0.717, 1.165) is 41.8 Å². The summed E-state index contributed by atoms with van der Waals surface area (Å²) in [6, 6.07) is 21.7. The van der Waals surface area contributed by atoms with Crippen LogP contribution >= 0.6 is 0 Å². The zero-order valence-corrected chi connectivity index (χ0v) is 24.5. The predicted octanol–water partition coefficient (Wildman–Crippen LogP) is 4.22. The Labute approximate surface area is 247 Å². The minimum atomic E-state index is -1.06. The topological polar surface area (TPSA) is 73.2 Å². The molecule has 4 aliphatic rings. The van der Waals surface area contributed by atoms with Crippen molar-refractivity contribution in [1.29, 1.82) is 0 Å². The number of hydrogen-bond donors (Lipinski definition) is 2. The minimum absolute atomic E-state index is 0.0814. The van der Waals surface area contributed by atoms with E-state index in [1.807, 2.05) is 43.3 Å². The number of aromatic hydroxyl groups is 1. The Morgan fingerprint density at radius 3 is 2.74 bits per heavy atom. The number of aryl methyl sites for hydroxylation is 1. The Kier molecular flexibility index (Phi) is 6.38. The molecular formula is C36H38N2O4. The number of phenolic OH excluding ortho intramolecular Hbond substituents is 1. The van der Waals surface area contributed by atoms with Crippen LogP contribution in [-0.4, -0.2) is 69.8 Å². The fourth-order valence-electron chi connectivity index (χ4n) is 8.67. The number of piperidine rings is 1. The lowest BCUT2D eigenvalue weighted by atomic mass is 9.45. The van der Waals surface area contributed by atoms with Gasteiger partial charge in [-0.05, 0) is 80.0 Å². The number of amides is 1. The van der Waals surface area contributed by atoms with Crippen LogP contribution in [-0.2, 0) is 23.1 Å². The number of carbonyl (C=O) groups excluding carboxylic acids is 1. The van der Waals surface area contributed by atoms with Crippen molar-refractivity contribution in [2.75, 3.05) is 20.1 Å². The quantitative estimate of drug-likeness (QED) is 0.466. The Morgan fingerprint density at radius 1 is 1.14 bits per heavy atom. The highest BCUT2D eigenvalue weighted by molar-refractivity contribution is 5.94. The maximum atomic E-state index is 13.5. The average molecular weight is 563 g/mol. The highest BCUT2D eigenvalue weighted by Crippen LogP contribution is 2.67. The van der Waals surface area contributed by atoms with Crippen molar-refractivity contribution >= 4 is 5.91 Å². The van der Waals surface area contributed by atoms with E-state index in [4.69, 9.17) is 4.74 Å². The van der Waals surface area contributed by atoms with Crippen LogP contribution in [0.15, 0.2) is 66.7 Å². The minimum Gasteiger partial charge on any atom is -0.504 e. The third-order valence-corrected chi connectivity index (χ3v) is 10.6. The normalized spacial score (nSPS) is 30.5. The summed E-state index contributed by atoms with van der Waals surface area (Å²) < 4.78 is 6.68. The molecule has 3 aromatic rings. The van der Waals surface area contributed by atoms with Gasteiger partial charge in [0, 0.05) is 36.7 Å². The van der Waals surface area contributed by atoms with Crippen molar-refractivity contribution in [1.82, 2.24) is 9.80 Å². The van der Waals surface area contributed by atoms with E-state index < -0.39 is 17.1 Å². The molecule has 0 unspecified atom stereocenters. The van der Waals surface area contributed by atoms with Crippen molar-refractivity contribution < 1.29 is 19.7 Å². The summed E-state index contributed by atoms with van der Waals surface area (Å²) >= 11 is 0. The molecule has 6 heteroatoms. The second kappa shape index (κ2) is 9.90. The number of hydrogen-bond acceptors (Lipinski definition) is 5. The van der Waals surface area contributed by atoms with Crippen LogP contribution in [0.5, 0.6) is 11.5 Å². The van der Waals surface area contributed by atoms with Gasteiger partial charge in [-0.2, -0.15) is 0 Å². The highest BCUT2D eigenvalue weighted by Gasteiger charge is 2.75. The van der Waals surface area contributed by atoms with Gasteiger partial charge in [0.1, 0.15) is 6.10 Å². The molecule has 1 spiro atoms. The van der Waals surface area contributed by atoms with Gasteiger partial charge in [-0.1, -0.05) is 61.4 Å². The number of likely N-dealkylation sites (N-methyl/N-ethyl adjacent to an activating group) is 1. The number of aliphatic hydroxyl groups is 1. The zero-order chi connectivity index (χ0) is 29.2. The van der Waals surface area contributed by atoms with Crippen molar-refractivity contribution in [3.05, 3.63) is 94.5 Å². The number of ether oxygens (including phenoxy) is 1. The van der Waals surface area contributed by atoms with E-state index >= 15 is 0 Å². The van der Waals surface area contributed by atoms with E-state index in [1.165, 1.54) is 5.56 Å². The molecule has 6 nitrogen and oxygen atoms in total. The third-order valence-electron chi connectivity index (χ3n) is 10.6. The Bertz CT molecular complexity index is 1610. The maximum Gasteiger partial charge on any atom is 0.298 e. The molecule has 0 radical (unpaired) electrons. The summed E-state index contributed by atoms with van der Waals surface area (Å²) in [5.74, 6) is 6.10. The van der Waals surface area contributed by atoms with Gasteiger partial charge in [0.05, 0.1) is 17.1 Å². The van der Waals surface area contributed by atoms with Gasteiger partial charge in [-0.25, -0.2) is 0 Å². The zero-order valence-electron chi connectivity index (χ0n) is 24.5. The highest BCUT2D eigenvalue weighted by atomic mass is 16.5. The summed E-state index contributed by atoms with van der Waals surface area (Å²) in [6.45, 7) is 5.81. The predicted molar refractivity (Wildman–Crippen MR) is 161 cm³/mol. The first-order valence-electron chi connectivity index (χ1n) is 15.1. The standard InChI is InChI=1S/C36H38N2O4/c1-23-8-7-11-26(20-23)12-15-31(40)37(3)28-21-24(2)36(41)30-22-27-13-14-29(39)33-32(27)35(36,34(28)42-33)17-19-38(30)18-16-25-9-5-4-6-10-25/h4-11,13-14,20,24,28,30,34,39,41H,16-19,21-22H2,1-3H3/t24-,28+,30+,34+,35-,36+/m0/s1. The summed E-state index contributed by atoms with van der Waals surface area (Å²) in [5, 5.41) is 24.0. The molecule has 0 aromatic heterocycles. The molecule has 7 rings (SSSR count). The molecule has 2 fully saturated rings. The average Bonchev–Trinajstić information content (AvgIpc) is 3.34. The second-order valence-corrected chi connectivity index (χ2v) is 12.8. The lowest BCUT2D eigenvalue weighted by Gasteiger charge is -2.66. The third kappa shape index (κ3) is 3.83. The summed E-state index contributed by atoms with van der Waals surface area (Å²) in [6.07, 6.45) is 2.43. The molecule has 3 aromatic carbocycles. The smallest absolute Gasteiger partial charge is 0.298 e. The van der Waals surface area contributed by atoms with Crippen LogP contribution in [0.1, 0.15) is 47.6 Å². The summed E-state index contributed by atoms with van der Waals surface area (Å²) in [7, 11) is 1.80. The first-order valence-corrected chi connectivity index (χ1v) is 15.1. The Hall–Kier alpha value is -3.79. The Balaban J connectivity index is 1.25. The molecule has 2 heterocycles. The number of benzene rings is 3. The fourth-order valence-corrected chi connectivity index (χ4v) is 8.67. The van der Waals surface area contributed by atoms with Crippen LogP contribution in [0, 0.1) is 24.7 Å². The monoisotopic (exact) mass is 562 g/mol.